The van der Waals surface area contributed by atoms with Crippen molar-refractivity contribution in [2.24, 2.45) is 17.8 Å². The normalized spacial score (nSPS) is 32.1. The van der Waals surface area contributed by atoms with E-state index < -0.39 is 11.9 Å². The van der Waals surface area contributed by atoms with Crippen molar-refractivity contribution in [2.45, 2.75) is 45.6 Å². The molecule has 0 spiro atoms. The van der Waals surface area contributed by atoms with E-state index in [9.17, 15) is 9.59 Å². The number of piperidine rings is 1. The Morgan fingerprint density at radius 1 is 1.40 bits per heavy atom. The second-order valence-electron chi connectivity index (χ2n) is 6.35. The van der Waals surface area contributed by atoms with Crippen molar-refractivity contribution in [3.05, 3.63) is 0 Å². The van der Waals surface area contributed by atoms with E-state index in [0.29, 0.717) is 31.2 Å². The van der Waals surface area contributed by atoms with E-state index >= 15 is 0 Å². The number of aliphatic carboxylic acids is 1. The van der Waals surface area contributed by atoms with Gasteiger partial charge in [-0.1, -0.05) is 6.92 Å². The first-order valence-corrected chi connectivity index (χ1v) is 7.73. The molecule has 0 aliphatic carbocycles. The molecule has 2 saturated heterocycles. The Morgan fingerprint density at radius 2 is 2.15 bits per heavy atom. The quantitative estimate of drug-likeness (QED) is 0.816. The topological polar surface area (TPSA) is 69.6 Å². The molecule has 2 aliphatic rings. The molecule has 4 unspecified atom stereocenters. The number of carboxylic acid groups (broad SMARTS) is 1. The summed E-state index contributed by atoms with van der Waals surface area (Å²) < 4.78 is 0. The Balaban J connectivity index is 1.87. The van der Waals surface area contributed by atoms with Crippen LogP contribution in [0.15, 0.2) is 0 Å². The number of nitrogens with zero attached hydrogens (tertiary/aromatic N) is 1. The predicted octanol–water partition coefficient (Wildman–Crippen LogP) is 1.33. The van der Waals surface area contributed by atoms with Gasteiger partial charge in [0.1, 0.15) is 0 Å². The highest BCUT2D eigenvalue weighted by Gasteiger charge is 2.38. The molecule has 2 aliphatic heterocycles. The molecule has 2 rings (SSSR count). The van der Waals surface area contributed by atoms with Crippen LogP contribution in [-0.2, 0) is 9.59 Å². The molecule has 4 atom stereocenters. The van der Waals surface area contributed by atoms with E-state index in [2.05, 4.69) is 12.2 Å². The molecule has 2 fully saturated rings. The summed E-state index contributed by atoms with van der Waals surface area (Å²) in [5.74, 6) is -0.116. The minimum absolute atomic E-state index is 0.124. The van der Waals surface area contributed by atoms with Gasteiger partial charge in [-0.25, -0.2) is 0 Å². The van der Waals surface area contributed by atoms with Crippen molar-refractivity contribution in [1.29, 1.82) is 0 Å². The lowest BCUT2D eigenvalue weighted by Crippen LogP contribution is -2.40. The molecule has 2 N–H and O–H groups in total. The highest BCUT2D eigenvalue weighted by atomic mass is 16.4. The summed E-state index contributed by atoms with van der Waals surface area (Å²) >= 11 is 0. The maximum atomic E-state index is 12.4. The summed E-state index contributed by atoms with van der Waals surface area (Å²) in [4.78, 5) is 25.3. The lowest BCUT2D eigenvalue weighted by Gasteiger charge is -2.30. The lowest BCUT2D eigenvalue weighted by atomic mass is 9.85. The fraction of sp³-hybridized carbons (Fsp3) is 0.867. The summed E-state index contributed by atoms with van der Waals surface area (Å²) in [5, 5.41) is 12.5. The van der Waals surface area contributed by atoms with Gasteiger partial charge in [-0.3, -0.25) is 9.59 Å². The van der Waals surface area contributed by atoms with Crippen molar-refractivity contribution in [3.8, 4) is 0 Å². The van der Waals surface area contributed by atoms with Crippen LogP contribution in [0, 0.1) is 17.8 Å². The summed E-state index contributed by atoms with van der Waals surface area (Å²) in [7, 11) is 0. The van der Waals surface area contributed by atoms with E-state index in [1.165, 1.54) is 12.8 Å². The molecule has 0 aromatic rings. The maximum Gasteiger partial charge on any atom is 0.308 e. The fourth-order valence-electron chi connectivity index (χ4n) is 3.55. The van der Waals surface area contributed by atoms with E-state index in [0.717, 1.165) is 13.1 Å². The average Bonchev–Trinajstić information content (AvgIpc) is 2.81. The van der Waals surface area contributed by atoms with Crippen molar-refractivity contribution in [2.75, 3.05) is 19.6 Å². The first-order chi connectivity index (χ1) is 9.50. The molecular weight excluding hydrogens is 256 g/mol. The Morgan fingerprint density at radius 3 is 2.70 bits per heavy atom. The summed E-state index contributed by atoms with van der Waals surface area (Å²) in [6, 6.07) is -0.170. The van der Waals surface area contributed by atoms with Crippen LogP contribution in [0.4, 0.5) is 0 Å². The zero-order valence-electron chi connectivity index (χ0n) is 12.5. The van der Waals surface area contributed by atoms with Gasteiger partial charge < -0.3 is 15.3 Å². The Bertz CT molecular complexity index is 366. The van der Waals surface area contributed by atoms with Crippen LogP contribution in [0.1, 0.15) is 39.5 Å². The largest absolute Gasteiger partial charge is 0.481 e. The number of carbonyl (C=O) groups is 2. The standard InChI is InChI=1S/C15H26N2O3/c1-10(12-4-3-6-16-9-12)8-14(18)17-7-5-13(11(17)2)15(19)20/h10-13,16H,3-9H2,1-2H3,(H,19,20). The molecule has 114 valence electrons. The molecule has 1 amide bonds. The predicted molar refractivity (Wildman–Crippen MR) is 76.3 cm³/mol. The lowest BCUT2D eigenvalue weighted by molar-refractivity contribution is -0.143. The van der Waals surface area contributed by atoms with Crippen LogP contribution in [0.25, 0.3) is 0 Å². The van der Waals surface area contributed by atoms with Gasteiger partial charge in [0.25, 0.3) is 0 Å². The molecule has 20 heavy (non-hydrogen) atoms. The maximum absolute atomic E-state index is 12.4. The van der Waals surface area contributed by atoms with Crippen LogP contribution >= 0.6 is 0 Å². The number of carboxylic acids is 1. The van der Waals surface area contributed by atoms with Gasteiger partial charge in [0, 0.05) is 19.0 Å². The number of likely N-dealkylation sites (tertiary alicyclic amines) is 1. The summed E-state index contributed by atoms with van der Waals surface area (Å²) in [6.07, 6.45) is 3.50. The summed E-state index contributed by atoms with van der Waals surface area (Å²) in [6.45, 7) is 6.68. The number of hydrogen-bond donors (Lipinski definition) is 2. The molecule has 5 heteroatoms. The van der Waals surface area contributed by atoms with Crippen molar-refractivity contribution in [1.82, 2.24) is 10.2 Å². The average molecular weight is 282 g/mol. The molecule has 0 radical (unpaired) electrons. The van der Waals surface area contributed by atoms with Crippen LogP contribution in [0.5, 0.6) is 0 Å². The molecule has 0 aromatic carbocycles. The highest BCUT2D eigenvalue weighted by Crippen LogP contribution is 2.28. The number of hydrogen-bond acceptors (Lipinski definition) is 3. The van der Waals surface area contributed by atoms with Gasteiger partial charge in [-0.15, -0.1) is 0 Å². The minimum atomic E-state index is -0.780. The smallest absolute Gasteiger partial charge is 0.308 e. The monoisotopic (exact) mass is 282 g/mol. The van der Waals surface area contributed by atoms with Crippen molar-refractivity contribution < 1.29 is 14.7 Å². The van der Waals surface area contributed by atoms with Crippen LogP contribution in [0.3, 0.4) is 0 Å². The molecule has 0 bridgehead atoms. The van der Waals surface area contributed by atoms with Gasteiger partial charge in [0.2, 0.25) is 5.91 Å². The molecule has 0 saturated carbocycles. The zero-order valence-corrected chi connectivity index (χ0v) is 12.5. The number of amides is 1. The SMILES string of the molecule is CC(CC(=O)N1CCC(C(=O)O)C1C)C1CCCNC1. The third-order valence-corrected chi connectivity index (χ3v) is 5.03. The Hall–Kier alpha value is -1.10. The van der Waals surface area contributed by atoms with Crippen LogP contribution < -0.4 is 5.32 Å². The van der Waals surface area contributed by atoms with Crippen LogP contribution in [0.2, 0.25) is 0 Å². The highest BCUT2D eigenvalue weighted by molar-refractivity contribution is 5.79. The summed E-state index contributed by atoms with van der Waals surface area (Å²) in [5.41, 5.74) is 0. The first kappa shape index (κ1) is 15.3. The zero-order chi connectivity index (χ0) is 14.7. The van der Waals surface area contributed by atoms with Crippen LogP contribution in [-0.4, -0.2) is 47.6 Å². The van der Waals surface area contributed by atoms with E-state index in [1.54, 1.807) is 4.90 Å². The van der Waals surface area contributed by atoms with Gasteiger partial charge >= 0.3 is 5.97 Å². The van der Waals surface area contributed by atoms with Gasteiger partial charge in [0.15, 0.2) is 0 Å². The second kappa shape index (κ2) is 6.57. The second-order valence-corrected chi connectivity index (χ2v) is 6.35. The number of nitrogens with one attached hydrogen (secondary N) is 1. The Labute approximate surface area is 120 Å². The minimum Gasteiger partial charge on any atom is -0.481 e. The third kappa shape index (κ3) is 3.32. The number of rotatable bonds is 4. The molecular formula is C15H26N2O3. The van der Waals surface area contributed by atoms with Crippen molar-refractivity contribution in [3.63, 3.8) is 0 Å². The molecule has 2 heterocycles. The third-order valence-electron chi connectivity index (χ3n) is 5.03. The van der Waals surface area contributed by atoms with Gasteiger partial charge in [-0.05, 0) is 51.1 Å². The van der Waals surface area contributed by atoms with Gasteiger partial charge in [0.05, 0.1) is 5.92 Å². The number of carbonyl (C=O) groups excluding carboxylic acids is 1. The molecule has 0 aromatic heterocycles. The Kier molecular flexibility index (Phi) is 5.02. The van der Waals surface area contributed by atoms with E-state index in [-0.39, 0.29) is 11.9 Å². The van der Waals surface area contributed by atoms with Crippen molar-refractivity contribution >= 4 is 11.9 Å². The van der Waals surface area contributed by atoms with Gasteiger partial charge in [-0.2, -0.15) is 0 Å². The molecule has 5 nitrogen and oxygen atoms in total. The van der Waals surface area contributed by atoms with E-state index in [1.807, 2.05) is 6.92 Å². The fourth-order valence-corrected chi connectivity index (χ4v) is 3.55. The first-order valence-electron chi connectivity index (χ1n) is 7.73. The van der Waals surface area contributed by atoms with E-state index in [4.69, 9.17) is 5.11 Å².